The molecule has 4 nitrogen and oxygen atoms in total. The van der Waals surface area contributed by atoms with E-state index in [0.29, 0.717) is 11.3 Å². The highest BCUT2D eigenvalue weighted by molar-refractivity contribution is 6.01. The first kappa shape index (κ1) is 13.1. The van der Waals surface area contributed by atoms with Gasteiger partial charge in [-0.2, -0.15) is 5.10 Å². The predicted octanol–water partition coefficient (Wildman–Crippen LogP) is 3.78. The zero-order valence-corrected chi connectivity index (χ0v) is 11.6. The maximum Gasteiger partial charge on any atom is 0.124 e. The number of hydrogen-bond donors (Lipinski definition) is 2. The number of pyridine rings is 1. The molecule has 21 heavy (non-hydrogen) atoms. The second kappa shape index (κ2) is 5.63. The molecule has 0 bridgehead atoms. The van der Waals surface area contributed by atoms with E-state index in [4.69, 9.17) is 0 Å². The van der Waals surface area contributed by atoms with Crippen LogP contribution in [0.5, 0.6) is 5.75 Å². The van der Waals surface area contributed by atoms with Crippen LogP contribution in [0.15, 0.2) is 65.9 Å². The molecule has 0 saturated heterocycles. The molecule has 1 heterocycles. The molecule has 2 N–H and O–H groups in total. The lowest BCUT2D eigenvalue weighted by Gasteiger charge is -2.07. The molecule has 0 aliphatic rings. The van der Waals surface area contributed by atoms with Crippen molar-refractivity contribution >= 4 is 22.3 Å². The average Bonchev–Trinajstić information content (AvgIpc) is 2.53. The Balaban J connectivity index is 1.93. The summed E-state index contributed by atoms with van der Waals surface area (Å²) in [4.78, 5) is 4.37. The number of para-hydroxylation sites is 2. The molecule has 0 aliphatic carbocycles. The lowest BCUT2D eigenvalue weighted by atomic mass is 10.1. The summed E-state index contributed by atoms with van der Waals surface area (Å²) in [5.41, 5.74) is 6.15. The number of hydrazone groups is 1. The molecule has 3 rings (SSSR count). The van der Waals surface area contributed by atoms with Crippen molar-refractivity contribution in [1.29, 1.82) is 0 Å². The number of phenolic OH excluding ortho intramolecular Hbond substituents is 1. The molecule has 3 aromatic rings. The first-order valence-corrected chi connectivity index (χ1v) is 6.68. The van der Waals surface area contributed by atoms with Gasteiger partial charge in [-0.05, 0) is 31.2 Å². The van der Waals surface area contributed by atoms with Crippen molar-refractivity contribution in [2.75, 3.05) is 5.43 Å². The Bertz CT molecular complexity index is 806. The molecule has 0 saturated carbocycles. The van der Waals surface area contributed by atoms with Gasteiger partial charge in [0.2, 0.25) is 0 Å². The molecule has 0 atom stereocenters. The zero-order valence-electron chi connectivity index (χ0n) is 11.6. The Labute approximate surface area is 122 Å². The van der Waals surface area contributed by atoms with Gasteiger partial charge >= 0.3 is 0 Å². The van der Waals surface area contributed by atoms with E-state index >= 15 is 0 Å². The number of phenols is 1. The SMILES string of the molecule is C/C(=N/Nc1cccc2cccnc12)c1ccccc1O. The number of aromatic hydroxyl groups is 1. The van der Waals surface area contributed by atoms with E-state index in [0.717, 1.165) is 16.6 Å². The molecule has 0 fully saturated rings. The third-order valence-electron chi connectivity index (χ3n) is 3.27. The minimum atomic E-state index is 0.219. The number of anilines is 1. The number of hydrogen-bond acceptors (Lipinski definition) is 4. The number of fused-ring (bicyclic) bond motifs is 1. The fourth-order valence-electron chi connectivity index (χ4n) is 2.18. The first-order chi connectivity index (χ1) is 10.3. The monoisotopic (exact) mass is 277 g/mol. The summed E-state index contributed by atoms with van der Waals surface area (Å²) in [7, 11) is 0. The van der Waals surface area contributed by atoms with Crippen LogP contribution < -0.4 is 5.43 Å². The largest absolute Gasteiger partial charge is 0.507 e. The molecule has 1 aromatic heterocycles. The molecule has 0 aliphatic heterocycles. The van der Waals surface area contributed by atoms with Crippen molar-refractivity contribution in [3.8, 4) is 5.75 Å². The summed E-state index contributed by atoms with van der Waals surface area (Å²) >= 11 is 0. The van der Waals surface area contributed by atoms with Crippen LogP contribution in [0.4, 0.5) is 5.69 Å². The molecule has 2 aromatic carbocycles. The van der Waals surface area contributed by atoms with Crippen molar-refractivity contribution in [3.63, 3.8) is 0 Å². The van der Waals surface area contributed by atoms with Gasteiger partial charge in [0, 0.05) is 17.1 Å². The van der Waals surface area contributed by atoms with Crippen LogP contribution in [0.3, 0.4) is 0 Å². The molecular formula is C17H15N3O. The summed E-state index contributed by atoms with van der Waals surface area (Å²) in [6.07, 6.45) is 1.76. The van der Waals surface area contributed by atoms with E-state index in [1.165, 1.54) is 0 Å². The Morgan fingerprint density at radius 3 is 2.71 bits per heavy atom. The van der Waals surface area contributed by atoms with Gasteiger partial charge in [-0.25, -0.2) is 0 Å². The van der Waals surface area contributed by atoms with E-state index in [1.807, 2.05) is 49.4 Å². The standard InChI is InChI=1S/C17H15N3O/c1-12(14-8-2-3-10-16(14)21)19-20-15-9-4-6-13-7-5-11-18-17(13)15/h2-11,20-21H,1H3/b19-12-. The van der Waals surface area contributed by atoms with Crippen LogP contribution in [-0.2, 0) is 0 Å². The number of nitrogens with one attached hydrogen (secondary N) is 1. The van der Waals surface area contributed by atoms with E-state index in [1.54, 1.807) is 18.3 Å². The lowest BCUT2D eigenvalue weighted by molar-refractivity contribution is 0.474. The fraction of sp³-hybridized carbons (Fsp3) is 0.0588. The smallest absolute Gasteiger partial charge is 0.124 e. The van der Waals surface area contributed by atoms with Gasteiger partial charge < -0.3 is 5.11 Å². The van der Waals surface area contributed by atoms with Gasteiger partial charge in [-0.1, -0.05) is 30.3 Å². The molecule has 0 amide bonds. The third kappa shape index (κ3) is 2.69. The van der Waals surface area contributed by atoms with Crippen LogP contribution in [0.1, 0.15) is 12.5 Å². The fourth-order valence-corrected chi connectivity index (χ4v) is 2.18. The van der Waals surface area contributed by atoms with Crippen molar-refractivity contribution in [1.82, 2.24) is 4.98 Å². The molecule has 104 valence electrons. The van der Waals surface area contributed by atoms with Crippen molar-refractivity contribution in [2.45, 2.75) is 6.92 Å². The van der Waals surface area contributed by atoms with Gasteiger partial charge in [-0.3, -0.25) is 10.4 Å². The van der Waals surface area contributed by atoms with Gasteiger partial charge in [0.25, 0.3) is 0 Å². The number of aromatic nitrogens is 1. The van der Waals surface area contributed by atoms with Crippen LogP contribution in [0.25, 0.3) is 10.9 Å². The highest BCUT2D eigenvalue weighted by Crippen LogP contribution is 2.21. The summed E-state index contributed by atoms with van der Waals surface area (Å²) in [5, 5.41) is 15.2. The summed E-state index contributed by atoms with van der Waals surface area (Å²) < 4.78 is 0. The van der Waals surface area contributed by atoms with Gasteiger partial charge in [-0.15, -0.1) is 0 Å². The molecule has 0 spiro atoms. The second-order valence-electron chi connectivity index (χ2n) is 4.71. The van der Waals surface area contributed by atoms with Crippen LogP contribution in [0, 0.1) is 0 Å². The van der Waals surface area contributed by atoms with E-state index in [-0.39, 0.29) is 5.75 Å². The quantitative estimate of drug-likeness (QED) is 0.566. The van der Waals surface area contributed by atoms with Crippen LogP contribution >= 0.6 is 0 Å². The summed E-state index contributed by atoms with van der Waals surface area (Å²) in [6, 6.07) is 16.9. The van der Waals surface area contributed by atoms with Crippen LogP contribution in [0.2, 0.25) is 0 Å². The van der Waals surface area contributed by atoms with E-state index in [9.17, 15) is 5.11 Å². The van der Waals surface area contributed by atoms with Crippen molar-refractivity contribution in [2.24, 2.45) is 5.10 Å². The van der Waals surface area contributed by atoms with Crippen molar-refractivity contribution < 1.29 is 5.11 Å². The Hall–Kier alpha value is -2.88. The molecule has 0 unspecified atom stereocenters. The van der Waals surface area contributed by atoms with Gasteiger partial charge in [0.1, 0.15) is 5.75 Å². The Morgan fingerprint density at radius 1 is 1.05 bits per heavy atom. The number of nitrogens with zero attached hydrogens (tertiary/aromatic N) is 2. The topological polar surface area (TPSA) is 57.5 Å². The molecule has 0 radical (unpaired) electrons. The minimum Gasteiger partial charge on any atom is -0.507 e. The normalized spacial score (nSPS) is 11.6. The third-order valence-corrected chi connectivity index (χ3v) is 3.27. The highest BCUT2D eigenvalue weighted by Gasteiger charge is 2.04. The zero-order chi connectivity index (χ0) is 14.7. The highest BCUT2D eigenvalue weighted by atomic mass is 16.3. The van der Waals surface area contributed by atoms with Crippen LogP contribution in [-0.4, -0.2) is 15.8 Å². The number of rotatable bonds is 3. The maximum absolute atomic E-state index is 9.83. The summed E-state index contributed by atoms with van der Waals surface area (Å²) in [5.74, 6) is 0.219. The second-order valence-corrected chi connectivity index (χ2v) is 4.71. The van der Waals surface area contributed by atoms with E-state index in [2.05, 4.69) is 15.5 Å². The van der Waals surface area contributed by atoms with Gasteiger partial charge in [0.15, 0.2) is 0 Å². The number of benzene rings is 2. The minimum absolute atomic E-state index is 0.219. The van der Waals surface area contributed by atoms with Crippen molar-refractivity contribution in [3.05, 3.63) is 66.4 Å². The van der Waals surface area contributed by atoms with Gasteiger partial charge in [0.05, 0.1) is 16.9 Å². The molecular weight excluding hydrogens is 262 g/mol. The Kier molecular flexibility index (Phi) is 3.51. The van der Waals surface area contributed by atoms with E-state index < -0.39 is 0 Å². The first-order valence-electron chi connectivity index (χ1n) is 6.68. The average molecular weight is 277 g/mol. The molecule has 4 heteroatoms. The Morgan fingerprint density at radius 2 is 1.86 bits per heavy atom. The maximum atomic E-state index is 9.83. The summed E-state index contributed by atoms with van der Waals surface area (Å²) in [6.45, 7) is 1.85. The predicted molar refractivity (Wildman–Crippen MR) is 85.7 cm³/mol. The lowest BCUT2D eigenvalue weighted by Crippen LogP contribution is -2.00.